The molecule has 7 nitrogen and oxygen atoms in total. The Morgan fingerprint density at radius 2 is 1.83 bits per heavy atom. The van der Waals surface area contributed by atoms with Gasteiger partial charge >= 0.3 is 0 Å². The molecule has 0 aromatic heterocycles. The fraction of sp³-hybridized carbons (Fsp3) is 0.471. The predicted octanol–water partition coefficient (Wildman–Crippen LogP) is 0.667. The Bertz CT molecular complexity index is 658. The predicted molar refractivity (Wildman–Crippen MR) is 89.3 cm³/mol. The molecule has 24 heavy (non-hydrogen) atoms. The quantitative estimate of drug-likeness (QED) is 0.835. The number of piperazine rings is 1. The lowest BCUT2D eigenvalue weighted by molar-refractivity contribution is -0.130. The summed E-state index contributed by atoms with van der Waals surface area (Å²) in [5, 5.41) is 4.60. The van der Waals surface area contributed by atoms with E-state index in [0.29, 0.717) is 17.8 Å². The van der Waals surface area contributed by atoms with Crippen LogP contribution in [-0.4, -0.2) is 47.8 Å². The molecule has 2 aliphatic rings. The van der Waals surface area contributed by atoms with E-state index < -0.39 is 0 Å². The number of amides is 3. The normalized spacial score (nSPS) is 24.8. The van der Waals surface area contributed by atoms with Gasteiger partial charge in [-0.25, -0.2) is 5.01 Å². The van der Waals surface area contributed by atoms with Crippen molar-refractivity contribution in [2.45, 2.75) is 38.8 Å². The Morgan fingerprint density at radius 3 is 2.54 bits per heavy atom. The summed E-state index contributed by atoms with van der Waals surface area (Å²) in [4.78, 5) is 38.0. The maximum absolute atomic E-state index is 12.7. The molecule has 1 aromatic carbocycles. The minimum absolute atomic E-state index is 0.0172. The van der Waals surface area contributed by atoms with Crippen LogP contribution in [0.5, 0.6) is 0 Å². The van der Waals surface area contributed by atoms with Gasteiger partial charge < -0.3 is 10.2 Å². The molecule has 2 saturated heterocycles. The molecule has 0 spiro atoms. The highest BCUT2D eigenvalue weighted by Crippen LogP contribution is 2.20. The van der Waals surface area contributed by atoms with E-state index in [9.17, 15) is 14.4 Å². The van der Waals surface area contributed by atoms with Crippen molar-refractivity contribution in [2.75, 3.05) is 18.1 Å². The monoisotopic (exact) mass is 330 g/mol. The molecule has 2 heterocycles. The molecule has 2 aliphatic heterocycles. The Labute approximate surface area is 141 Å². The van der Waals surface area contributed by atoms with Gasteiger partial charge in [0.1, 0.15) is 0 Å². The third-order valence-corrected chi connectivity index (χ3v) is 4.72. The van der Waals surface area contributed by atoms with Crippen molar-refractivity contribution in [1.29, 1.82) is 0 Å². The summed E-state index contributed by atoms with van der Waals surface area (Å²) < 4.78 is 0. The number of nitrogens with one attached hydrogen (secondary N) is 2. The molecule has 0 radical (unpaired) electrons. The minimum Gasteiger partial charge on any atom is -0.333 e. The fourth-order valence-corrected chi connectivity index (χ4v) is 3.05. The molecule has 3 amide bonds. The van der Waals surface area contributed by atoms with Gasteiger partial charge in [-0.05, 0) is 38.1 Å². The van der Waals surface area contributed by atoms with Crippen LogP contribution in [0.4, 0.5) is 5.69 Å². The van der Waals surface area contributed by atoms with Crippen LogP contribution >= 0.6 is 0 Å². The van der Waals surface area contributed by atoms with Crippen LogP contribution in [0.3, 0.4) is 0 Å². The lowest BCUT2D eigenvalue weighted by atomic mass is 10.1. The Balaban J connectivity index is 1.75. The number of nitrogens with zero attached hydrogens (tertiary/aromatic N) is 2. The van der Waals surface area contributed by atoms with Gasteiger partial charge in [-0.2, -0.15) is 0 Å². The molecule has 2 N–H and O–H groups in total. The van der Waals surface area contributed by atoms with Crippen LogP contribution in [0.25, 0.3) is 0 Å². The van der Waals surface area contributed by atoms with E-state index in [1.54, 1.807) is 24.3 Å². The van der Waals surface area contributed by atoms with Gasteiger partial charge in [0, 0.05) is 43.6 Å². The molecule has 3 rings (SSSR count). The molecule has 2 unspecified atom stereocenters. The van der Waals surface area contributed by atoms with Crippen molar-refractivity contribution >= 4 is 23.4 Å². The van der Waals surface area contributed by atoms with E-state index in [1.807, 2.05) is 11.8 Å². The highest BCUT2D eigenvalue weighted by Gasteiger charge is 2.29. The molecular weight excluding hydrogens is 308 g/mol. The zero-order chi connectivity index (χ0) is 17.3. The van der Waals surface area contributed by atoms with Crippen LogP contribution < -0.4 is 15.8 Å². The van der Waals surface area contributed by atoms with Crippen LogP contribution in [0, 0.1) is 0 Å². The van der Waals surface area contributed by atoms with Gasteiger partial charge in [-0.15, -0.1) is 0 Å². The van der Waals surface area contributed by atoms with E-state index in [-0.39, 0.29) is 42.6 Å². The highest BCUT2D eigenvalue weighted by molar-refractivity contribution is 6.01. The Kier molecular flexibility index (Phi) is 4.53. The highest BCUT2D eigenvalue weighted by atomic mass is 16.2. The Hall–Kier alpha value is -2.41. The second-order valence-corrected chi connectivity index (χ2v) is 6.29. The number of rotatable bonds is 2. The van der Waals surface area contributed by atoms with Gasteiger partial charge in [0.25, 0.3) is 5.91 Å². The van der Waals surface area contributed by atoms with Crippen LogP contribution in [0.2, 0.25) is 0 Å². The SMILES string of the molecule is CC1NCCN(C(=O)c2ccc(N3NC(=O)CCC3=O)cc2)C1C. The zero-order valence-corrected chi connectivity index (χ0v) is 13.9. The zero-order valence-electron chi connectivity index (χ0n) is 13.9. The second-order valence-electron chi connectivity index (χ2n) is 6.29. The summed E-state index contributed by atoms with van der Waals surface area (Å²) in [6, 6.07) is 7.15. The number of anilines is 1. The van der Waals surface area contributed by atoms with E-state index in [4.69, 9.17) is 0 Å². The first-order valence-electron chi connectivity index (χ1n) is 8.24. The lowest BCUT2D eigenvalue weighted by Crippen LogP contribution is -2.57. The average Bonchev–Trinajstić information content (AvgIpc) is 2.59. The van der Waals surface area contributed by atoms with Crippen molar-refractivity contribution in [3.05, 3.63) is 29.8 Å². The molecule has 1 aromatic rings. The summed E-state index contributed by atoms with van der Waals surface area (Å²) in [5.41, 5.74) is 3.69. The average molecular weight is 330 g/mol. The molecule has 7 heteroatoms. The molecular formula is C17H22N4O3. The van der Waals surface area contributed by atoms with E-state index in [0.717, 1.165) is 6.54 Å². The van der Waals surface area contributed by atoms with Gasteiger partial charge in [0.2, 0.25) is 11.8 Å². The second kappa shape index (κ2) is 6.60. The minimum atomic E-state index is -0.182. The van der Waals surface area contributed by atoms with Crippen molar-refractivity contribution in [2.24, 2.45) is 0 Å². The van der Waals surface area contributed by atoms with Crippen LogP contribution in [-0.2, 0) is 9.59 Å². The lowest BCUT2D eigenvalue weighted by Gasteiger charge is -2.38. The maximum Gasteiger partial charge on any atom is 0.254 e. The third kappa shape index (κ3) is 3.12. The van der Waals surface area contributed by atoms with Gasteiger partial charge in [0.15, 0.2) is 0 Å². The maximum atomic E-state index is 12.7. The number of hydrogen-bond acceptors (Lipinski definition) is 4. The molecule has 2 atom stereocenters. The number of carbonyl (C=O) groups excluding carboxylic acids is 3. The summed E-state index contributed by atoms with van der Waals surface area (Å²) >= 11 is 0. The topological polar surface area (TPSA) is 81.8 Å². The number of hydrazine groups is 1. The summed E-state index contributed by atoms with van der Waals surface area (Å²) in [6.45, 7) is 5.55. The van der Waals surface area contributed by atoms with Gasteiger partial charge in [-0.1, -0.05) is 0 Å². The summed E-state index contributed by atoms with van der Waals surface area (Å²) in [5.74, 6) is -0.354. The van der Waals surface area contributed by atoms with Crippen molar-refractivity contribution < 1.29 is 14.4 Å². The van der Waals surface area contributed by atoms with Crippen molar-refractivity contribution in [3.8, 4) is 0 Å². The molecule has 0 saturated carbocycles. The number of carbonyl (C=O) groups is 3. The van der Waals surface area contributed by atoms with Crippen LogP contribution in [0.15, 0.2) is 24.3 Å². The van der Waals surface area contributed by atoms with Gasteiger partial charge in [0.05, 0.1) is 5.69 Å². The number of benzene rings is 1. The van der Waals surface area contributed by atoms with Crippen molar-refractivity contribution in [3.63, 3.8) is 0 Å². The van der Waals surface area contributed by atoms with Crippen molar-refractivity contribution in [1.82, 2.24) is 15.6 Å². The summed E-state index contributed by atoms with van der Waals surface area (Å²) in [7, 11) is 0. The fourth-order valence-electron chi connectivity index (χ4n) is 3.05. The van der Waals surface area contributed by atoms with E-state index >= 15 is 0 Å². The standard InChI is InChI=1S/C17H22N4O3/c1-11-12(2)20(10-9-18-11)17(24)13-3-5-14(6-4-13)21-16(23)8-7-15(22)19-21/h3-6,11-12,18H,7-10H2,1-2H3,(H,19,22). The first-order chi connectivity index (χ1) is 11.5. The summed E-state index contributed by atoms with van der Waals surface area (Å²) in [6.07, 6.45) is 0.410. The number of hydrogen-bond donors (Lipinski definition) is 2. The van der Waals surface area contributed by atoms with E-state index in [1.165, 1.54) is 5.01 Å². The molecule has 2 fully saturated rings. The first-order valence-corrected chi connectivity index (χ1v) is 8.24. The molecule has 0 aliphatic carbocycles. The largest absolute Gasteiger partial charge is 0.333 e. The Morgan fingerprint density at radius 1 is 1.12 bits per heavy atom. The molecule has 0 bridgehead atoms. The van der Waals surface area contributed by atoms with Crippen LogP contribution in [0.1, 0.15) is 37.0 Å². The smallest absolute Gasteiger partial charge is 0.254 e. The van der Waals surface area contributed by atoms with Gasteiger partial charge in [-0.3, -0.25) is 19.8 Å². The third-order valence-electron chi connectivity index (χ3n) is 4.72. The first kappa shape index (κ1) is 16.4. The van der Waals surface area contributed by atoms with E-state index in [2.05, 4.69) is 17.7 Å². The molecule has 128 valence electrons.